The Morgan fingerprint density at radius 1 is 1.45 bits per heavy atom. The summed E-state index contributed by atoms with van der Waals surface area (Å²) < 4.78 is 1.65. The molecule has 1 amide bonds. The number of rotatable bonds is 2. The summed E-state index contributed by atoms with van der Waals surface area (Å²) in [5.74, 6) is -1.16. The first-order valence-electron chi connectivity index (χ1n) is 6.40. The molecule has 0 bridgehead atoms. The van der Waals surface area contributed by atoms with E-state index < -0.39 is 12.0 Å². The third-order valence-corrected chi connectivity index (χ3v) is 4.97. The van der Waals surface area contributed by atoms with Gasteiger partial charge in [-0.05, 0) is 75.5 Å². The number of benzene rings is 1. The van der Waals surface area contributed by atoms with Crippen LogP contribution >= 0.6 is 38.5 Å². The van der Waals surface area contributed by atoms with Crippen molar-refractivity contribution in [3.05, 3.63) is 31.8 Å². The van der Waals surface area contributed by atoms with E-state index in [4.69, 9.17) is 0 Å². The van der Waals surface area contributed by atoms with Crippen LogP contribution in [0.1, 0.15) is 30.1 Å². The fourth-order valence-corrected chi connectivity index (χ4v) is 3.52. The average molecular weight is 452 g/mol. The molecule has 0 aromatic heterocycles. The molecule has 1 heterocycles. The van der Waals surface area contributed by atoms with Gasteiger partial charge in [-0.1, -0.05) is 6.92 Å². The number of carbonyl (C=O) groups is 2. The van der Waals surface area contributed by atoms with E-state index in [-0.39, 0.29) is 11.8 Å². The molecule has 0 saturated carbocycles. The summed E-state index contributed by atoms with van der Waals surface area (Å²) in [4.78, 5) is 25.6. The molecule has 2 unspecified atom stereocenters. The molecule has 1 fully saturated rings. The Morgan fingerprint density at radius 2 is 2.15 bits per heavy atom. The van der Waals surface area contributed by atoms with E-state index in [1.807, 2.05) is 19.1 Å². The Morgan fingerprint density at radius 3 is 2.80 bits per heavy atom. The van der Waals surface area contributed by atoms with Crippen molar-refractivity contribution in [3.63, 3.8) is 0 Å². The van der Waals surface area contributed by atoms with Crippen LogP contribution in [0.2, 0.25) is 0 Å². The van der Waals surface area contributed by atoms with Gasteiger partial charge in [-0.2, -0.15) is 0 Å². The van der Waals surface area contributed by atoms with E-state index in [0.717, 1.165) is 16.4 Å². The topological polar surface area (TPSA) is 57.6 Å². The molecule has 2 atom stereocenters. The van der Waals surface area contributed by atoms with Crippen LogP contribution in [0.3, 0.4) is 0 Å². The lowest BCUT2D eigenvalue weighted by molar-refractivity contribution is -0.145. The summed E-state index contributed by atoms with van der Waals surface area (Å²) in [6.45, 7) is 2.39. The number of hydrogen-bond acceptors (Lipinski definition) is 2. The van der Waals surface area contributed by atoms with Crippen molar-refractivity contribution in [2.45, 2.75) is 25.8 Å². The van der Waals surface area contributed by atoms with Crippen LogP contribution < -0.4 is 0 Å². The second-order valence-corrected chi connectivity index (χ2v) is 7.13. The number of aliphatic carboxylic acids is 1. The van der Waals surface area contributed by atoms with Crippen molar-refractivity contribution in [2.75, 3.05) is 6.54 Å². The summed E-state index contributed by atoms with van der Waals surface area (Å²) in [6, 6.07) is 4.76. The molecular formula is C14H15BrINO3. The number of nitrogens with zero attached hydrogens (tertiary/aromatic N) is 1. The summed E-state index contributed by atoms with van der Waals surface area (Å²) in [7, 11) is 0. The lowest BCUT2D eigenvalue weighted by Gasteiger charge is -2.37. The Labute approximate surface area is 139 Å². The van der Waals surface area contributed by atoms with Crippen molar-refractivity contribution >= 4 is 50.4 Å². The fourth-order valence-electron chi connectivity index (χ4n) is 2.61. The highest BCUT2D eigenvalue weighted by Crippen LogP contribution is 2.28. The number of carbonyl (C=O) groups excluding carboxylic acids is 1. The second kappa shape index (κ2) is 6.43. The normalized spacial score (nSPS) is 22.6. The third kappa shape index (κ3) is 3.16. The molecule has 1 aromatic rings. The van der Waals surface area contributed by atoms with Gasteiger partial charge in [0.1, 0.15) is 6.04 Å². The molecule has 6 heteroatoms. The van der Waals surface area contributed by atoms with Gasteiger partial charge in [0.25, 0.3) is 5.91 Å². The lowest BCUT2D eigenvalue weighted by atomic mass is 9.90. The first-order chi connectivity index (χ1) is 9.41. The first kappa shape index (κ1) is 15.8. The molecule has 108 valence electrons. The first-order valence-corrected chi connectivity index (χ1v) is 8.28. The summed E-state index contributed by atoms with van der Waals surface area (Å²) >= 11 is 5.51. The number of amides is 1. The maximum absolute atomic E-state index is 12.7. The third-order valence-electron chi connectivity index (χ3n) is 3.61. The van der Waals surface area contributed by atoms with E-state index in [9.17, 15) is 14.7 Å². The maximum atomic E-state index is 12.7. The predicted molar refractivity (Wildman–Crippen MR) is 87.7 cm³/mol. The van der Waals surface area contributed by atoms with Crippen molar-refractivity contribution < 1.29 is 14.7 Å². The van der Waals surface area contributed by atoms with Gasteiger partial charge in [-0.3, -0.25) is 4.79 Å². The number of carboxylic acid groups (broad SMARTS) is 1. The molecule has 0 aliphatic carbocycles. The molecule has 2 rings (SSSR count). The van der Waals surface area contributed by atoms with Crippen LogP contribution in [0.4, 0.5) is 0 Å². The number of carboxylic acids is 1. The van der Waals surface area contributed by atoms with E-state index in [1.54, 1.807) is 6.07 Å². The molecule has 1 aliphatic rings. The highest BCUT2D eigenvalue weighted by atomic mass is 127. The largest absolute Gasteiger partial charge is 0.480 e. The highest BCUT2D eigenvalue weighted by molar-refractivity contribution is 14.1. The molecule has 0 radical (unpaired) electrons. The van der Waals surface area contributed by atoms with Crippen LogP contribution in [0, 0.1) is 9.49 Å². The minimum absolute atomic E-state index is 0.0215. The van der Waals surface area contributed by atoms with E-state index in [1.165, 1.54) is 4.90 Å². The van der Waals surface area contributed by atoms with E-state index in [2.05, 4.69) is 38.5 Å². The van der Waals surface area contributed by atoms with Gasteiger partial charge in [-0.15, -0.1) is 0 Å². The van der Waals surface area contributed by atoms with E-state index in [0.29, 0.717) is 16.6 Å². The van der Waals surface area contributed by atoms with Crippen molar-refractivity contribution in [1.82, 2.24) is 4.90 Å². The number of likely N-dealkylation sites (tertiary alicyclic amines) is 1. The molecule has 1 aromatic carbocycles. The Kier molecular flexibility index (Phi) is 5.06. The Balaban J connectivity index is 2.35. The van der Waals surface area contributed by atoms with Crippen LogP contribution in [0.15, 0.2) is 22.7 Å². The van der Waals surface area contributed by atoms with Gasteiger partial charge in [0.2, 0.25) is 0 Å². The van der Waals surface area contributed by atoms with Gasteiger partial charge < -0.3 is 10.0 Å². The monoisotopic (exact) mass is 451 g/mol. The van der Waals surface area contributed by atoms with Crippen molar-refractivity contribution in [1.29, 1.82) is 0 Å². The molecule has 1 N–H and O–H groups in total. The van der Waals surface area contributed by atoms with Crippen LogP contribution in [0.5, 0.6) is 0 Å². The van der Waals surface area contributed by atoms with Crippen molar-refractivity contribution in [2.24, 2.45) is 5.92 Å². The number of hydrogen-bond donors (Lipinski definition) is 1. The predicted octanol–water partition coefficient (Wildman–Crippen LogP) is 3.38. The zero-order chi connectivity index (χ0) is 14.9. The standard InChI is InChI=1S/C14H15BrINO3/c1-8-3-2-6-17(12(8)14(19)20)13(18)10-7-9(16)4-5-11(10)15/h4-5,7-8,12H,2-3,6H2,1H3,(H,19,20). The van der Waals surface area contributed by atoms with Crippen LogP contribution in [-0.2, 0) is 4.79 Å². The van der Waals surface area contributed by atoms with Crippen LogP contribution in [0.25, 0.3) is 0 Å². The van der Waals surface area contributed by atoms with Crippen LogP contribution in [-0.4, -0.2) is 34.5 Å². The summed E-state index contributed by atoms with van der Waals surface area (Å²) in [6.07, 6.45) is 1.69. The molecule has 4 nitrogen and oxygen atoms in total. The van der Waals surface area contributed by atoms with Gasteiger partial charge in [0.05, 0.1) is 5.56 Å². The van der Waals surface area contributed by atoms with Gasteiger partial charge >= 0.3 is 5.97 Å². The zero-order valence-corrected chi connectivity index (χ0v) is 14.7. The molecule has 0 spiro atoms. The van der Waals surface area contributed by atoms with Gasteiger partial charge in [0.15, 0.2) is 0 Å². The summed E-state index contributed by atoms with van der Waals surface area (Å²) in [5, 5.41) is 9.39. The van der Waals surface area contributed by atoms with Gasteiger partial charge in [0, 0.05) is 14.6 Å². The lowest BCUT2D eigenvalue weighted by Crippen LogP contribution is -2.52. The number of piperidine rings is 1. The van der Waals surface area contributed by atoms with Gasteiger partial charge in [-0.25, -0.2) is 4.79 Å². The quantitative estimate of drug-likeness (QED) is 0.701. The minimum Gasteiger partial charge on any atom is -0.480 e. The number of halogens is 2. The zero-order valence-electron chi connectivity index (χ0n) is 11.0. The van der Waals surface area contributed by atoms with E-state index >= 15 is 0 Å². The van der Waals surface area contributed by atoms with Crippen molar-refractivity contribution in [3.8, 4) is 0 Å². The second-order valence-electron chi connectivity index (χ2n) is 5.03. The fraction of sp³-hybridized carbons (Fsp3) is 0.429. The molecule has 20 heavy (non-hydrogen) atoms. The Bertz CT molecular complexity index is 549. The molecule has 1 saturated heterocycles. The smallest absolute Gasteiger partial charge is 0.326 e. The summed E-state index contributed by atoms with van der Waals surface area (Å²) in [5.41, 5.74) is 0.525. The SMILES string of the molecule is CC1CCCN(C(=O)c2cc(I)ccc2Br)C1C(=O)O. The Hall–Kier alpha value is -0.630. The molecule has 1 aliphatic heterocycles. The average Bonchev–Trinajstić information content (AvgIpc) is 2.40. The minimum atomic E-state index is -0.924. The highest BCUT2D eigenvalue weighted by Gasteiger charge is 2.37. The molecular weight excluding hydrogens is 437 g/mol. The maximum Gasteiger partial charge on any atom is 0.326 e.